The molecule has 0 unspecified atom stereocenters. The number of carbonyl (C=O) groups is 1. The van der Waals surface area contributed by atoms with Crippen LogP contribution in [-0.4, -0.2) is 22.4 Å². The summed E-state index contributed by atoms with van der Waals surface area (Å²) >= 11 is 1.37. The first-order valence-corrected chi connectivity index (χ1v) is 8.70. The number of anilines is 1. The molecule has 0 saturated carbocycles. The van der Waals surface area contributed by atoms with Gasteiger partial charge in [0.1, 0.15) is 17.3 Å². The first-order valence-electron chi connectivity index (χ1n) is 7.82. The number of fused-ring (bicyclic) bond motifs is 1. The van der Waals surface area contributed by atoms with E-state index in [-0.39, 0.29) is 5.91 Å². The maximum absolute atomic E-state index is 13.3. The van der Waals surface area contributed by atoms with Crippen LogP contribution in [-0.2, 0) is 0 Å². The maximum Gasteiger partial charge on any atom is 0.273 e. The van der Waals surface area contributed by atoms with Crippen LogP contribution in [0.15, 0.2) is 60.1 Å². The summed E-state index contributed by atoms with van der Waals surface area (Å²) in [4.78, 5) is 17.8. The van der Waals surface area contributed by atoms with Crippen LogP contribution in [0.2, 0.25) is 0 Å². The Morgan fingerprint density at radius 1 is 1.23 bits per heavy atom. The van der Waals surface area contributed by atoms with Crippen LogP contribution in [0.3, 0.4) is 0 Å². The molecule has 0 atom stereocenters. The molecule has 7 heteroatoms. The number of methoxy groups -OCH3 is 1. The van der Waals surface area contributed by atoms with Crippen LogP contribution < -0.4 is 10.1 Å². The first kappa shape index (κ1) is 16.3. The molecular weight excluding hydrogens is 353 g/mol. The number of rotatable bonds is 4. The molecule has 5 nitrogen and oxygen atoms in total. The lowest BCUT2D eigenvalue weighted by Crippen LogP contribution is -2.13. The SMILES string of the molecule is COc1ccc(-c2cn3c(C(=O)Nc4cccc(F)c4)csc3n2)cc1. The molecule has 1 N–H and O–H groups in total. The summed E-state index contributed by atoms with van der Waals surface area (Å²) < 4.78 is 20.2. The Morgan fingerprint density at radius 2 is 2.04 bits per heavy atom. The van der Waals surface area contributed by atoms with Crippen LogP contribution in [0.5, 0.6) is 5.75 Å². The average Bonchev–Trinajstić information content (AvgIpc) is 3.22. The molecule has 130 valence electrons. The van der Waals surface area contributed by atoms with Crippen molar-refractivity contribution in [2.24, 2.45) is 0 Å². The summed E-state index contributed by atoms with van der Waals surface area (Å²) in [5.74, 6) is 0.0492. The predicted molar refractivity (Wildman–Crippen MR) is 99.4 cm³/mol. The fraction of sp³-hybridized carbons (Fsp3) is 0.0526. The van der Waals surface area contributed by atoms with Gasteiger partial charge in [0.25, 0.3) is 5.91 Å². The number of nitrogens with zero attached hydrogens (tertiary/aromatic N) is 2. The molecule has 4 aromatic rings. The Kier molecular flexibility index (Phi) is 4.14. The van der Waals surface area contributed by atoms with Crippen LogP contribution in [0.4, 0.5) is 10.1 Å². The molecule has 0 bridgehead atoms. The summed E-state index contributed by atoms with van der Waals surface area (Å²) in [6.45, 7) is 0. The van der Waals surface area contributed by atoms with Crippen molar-refractivity contribution in [1.29, 1.82) is 0 Å². The van der Waals surface area contributed by atoms with Gasteiger partial charge in [0.2, 0.25) is 0 Å². The van der Waals surface area contributed by atoms with Crippen LogP contribution in [0, 0.1) is 5.82 Å². The van der Waals surface area contributed by atoms with Gasteiger partial charge in [-0.05, 0) is 42.5 Å². The van der Waals surface area contributed by atoms with Crippen molar-refractivity contribution < 1.29 is 13.9 Å². The molecule has 0 aliphatic rings. The molecule has 0 spiro atoms. The quantitative estimate of drug-likeness (QED) is 0.579. The molecule has 2 heterocycles. The predicted octanol–water partition coefficient (Wildman–Crippen LogP) is 4.46. The Balaban J connectivity index is 1.64. The standard InChI is InChI=1S/C19H14FN3O2S/c1-25-15-7-5-12(6-8-15)16-10-23-17(11-26-19(23)22-16)18(24)21-14-4-2-3-13(20)9-14/h2-11H,1H3,(H,21,24). The summed E-state index contributed by atoms with van der Waals surface area (Å²) in [7, 11) is 1.62. The van der Waals surface area contributed by atoms with Gasteiger partial charge in [-0.15, -0.1) is 11.3 Å². The van der Waals surface area contributed by atoms with Gasteiger partial charge in [-0.1, -0.05) is 6.07 Å². The van der Waals surface area contributed by atoms with Crippen LogP contribution >= 0.6 is 11.3 Å². The molecule has 0 radical (unpaired) electrons. The summed E-state index contributed by atoms with van der Waals surface area (Å²) in [5.41, 5.74) is 2.55. The number of amides is 1. The van der Waals surface area contributed by atoms with Crippen LogP contribution in [0.25, 0.3) is 16.2 Å². The van der Waals surface area contributed by atoms with Gasteiger partial charge in [0.15, 0.2) is 4.96 Å². The van der Waals surface area contributed by atoms with E-state index in [4.69, 9.17) is 4.74 Å². The smallest absolute Gasteiger partial charge is 0.273 e. The third kappa shape index (κ3) is 3.04. The van der Waals surface area contributed by atoms with E-state index in [0.717, 1.165) is 17.0 Å². The van der Waals surface area contributed by atoms with Crippen molar-refractivity contribution >= 4 is 27.9 Å². The fourth-order valence-corrected chi connectivity index (χ4v) is 3.46. The highest BCUT2D eigenvalue weighted by atomic mass is 32.1. The summed E-state index contributed by atoms with van der Waals surface area (Å²) in [6, 6.07) is 13.3. The molecule has 4 rings (SSSR count). The molecule has 0 fully saturated rings. The lowest BCUT2D eigenvalue weighted by Gasteiger charge is -2.04. The number of halogens is 1. The fourth-order valence-electron chi connectivity index (χ4n) is 2.61. The lowest BCUT2D eigenvalue weighted by atomic mass is 10.2. The van der Waals surface area contributed by atoms with E-state index in [1.54, 1.807) is 29.0 Å². The highest BCUT2D eigenvalue weighted by Crippen LogP contribution is 2.25. The third-order valence-corrected chi connectivity index (χ3v) is 4.75. The number of thiazole rings is 1. The van der Waals surface area contributed by atoms with Crippen molar-refractivity contribution in [3.63, 3.8) is 0 Å². The van der Waals surface area contributed by atoms with Gasteiger partial charge in [-0.2, -0.15) is 0 Å². The molecule has 2 aromatic carbocycles. The number of imidazole rings is 1. The van der Waals surface area contributed by atoms with E-state index in [1.807, 2.05) is 30.5 Å². The normalized spacial score (nSPS) is 10.8. The number of ether oxygens (including phenoxy) is 1. The Morgan fingerprint density at radius 3 is 2.77 bits per heavy atom. The molecule has 0 saturated heterocycles. The van der Waals surface area contributed by atoms with Crippen molar-refractivity contribution in [3.05, 3.63) is 71.6 Å². The summed E-state index contributed by atoms with van der Waals surface area (Å²) in [6.07, 6.45) is 1.81. The van der Waals surface area contributed by atoms with Gasteiger partial charge < -0.3 is 10.1 Å². The number of benzene rings is 2. The number of hydrogen-bond acceptors (Lipinski definition) is 4. The highest BCUT2D eigenvalue weighted by Gasteiger charge is 2.15. The monoisotopic (exact) mass is 367 g/mol. The van der Waals surface area contributed by atoms with Crippen molar-refractivity contribution in [1.82, 2.24) is 9.38 Å². The topological polar surface area (TPSA) is 55.6 Å². The van der Waals surface area contributed by atoms with E-state index in [1.165, 1.54) is 23.5 Å². The minimum absolute atomic E-state index is 0.319. The van der Waals surface area contributed by atoms with Gasteiger partial charge in [0, 0.05) is 22.8 Å². The van der Waals surface area contributed by atoms with Crippen molar-refractivity contribution in [2.75, 3.05) is 12.4 Å². The van der Waals surface area contributed by atoms with Gasteiger partial charge in [-0.25, -0.2) is 9.37 Å². The van der Waals surface area contributed by atoms with Gasteiger partial charge >= 0.3 is 0 Å². The minimum Gasteiger partial charge on any atom is -0.497 e. The largest absolute Gasteiger partial charge is 0.497 e. The van der Waals surface area contributed by atoms with Crippen molar-refractivity contribution in [3.8, 4) is 17.0 Å². The highest BCUT2D eigenvalue weighted by molar-refractivity contribution is 7.15. The Bertz CT molecular complexity index is 1090. The second-order valence-electron chi connectivity index (χ2n) is 5.59. The first-order chi connectivity index (χ1) is 12.6. The third-order valence-electron chi connectivity index (χ3n) is 3.91. The lowest BCUT2D eigenvalue weighted by molar-refractivity contribution is 0.102. The van der Waals surface area contributed by atoms with Crippen molar-refractivity contribution in [2.45, 2.75) is 0 Å². The molecular formula is C19H14FN3O2S. The number of hydrogen-bond donors (Lipinski definition) is 1. The van der Waals surface area contributed by atoms with Crippen LogP contribution in [0.1, 0.15) is 10.5 Å². The second-order valence-corrected chi connectivity index (χ2v) is 6.43. The van der Waals surface area contributed by atoms with E-state index in [2.05, 4.69) is 10.3 Å². The molecule has 26 heavy (non-hydrogen) atoms. The Labute approximate surface area is 152 Å². The van der Waals surface area contributed by atoms with E-state index < -0.39 is 5.82 Å². The number of carbonyl (C=O) groups excluding carboxylic acids is 1. The van der Waals surface area contributed by atoms with E-state index in [9.17, 15) is 9.18 Å². The van der Waals surface area contributed by atoms with Gasteiger partial charge in [-0.3, -0.25) is 9.20 Å². The molecule has 1 amide bonds. The zero-order chi connectivity index (χ0) is 18.1. The Hall–Kier alpha value is -3.19. The summed E-state index contributed by atoms with van der Waals surface area (Å²) in [5, 5.41) is 4.43. The second kappa shape index (κ2) is 6.61. The van der Waals surface area contributed by atoms with E-state index >= 15 is 0 Å². The maximum atomic E-state index is 13.3. The number of nitrogens with one attached hydrogen (secondary N) is 1. The zero-order valence-corrected chi connectivity index (χ0v) is 14.6. The molecule has 0 aliphatic carbocycles. The minimum atomic E-state index is -0.400. The van der Waals surface area contributed by atoms with Gasteiger partial charge in [0.05, 0.1) is 12.8 Å². The molecule has 2 aromatic heterocycles. The average molecular weight is 367 g/mol. The zero-order valence-electron chi connectivity index (χ0n) is 13.8. The molecule has 0 aliphatic heterocycles. The van der Waals surface area contributed by atoms with E-state index in [0.29, 0.717) is 16.3 Å². The number of aromatic nitrogens is 2.